The van der Waals surface area contributed by atoms with Gasteiger partial charge in [0.25, 0.3) is 0 Å². The summed E-state index contributed by atoms with van der Waals surface area (Å²) < 4.78 is 23.5. The third-order valence-electron chi connectivity index (χ3n) is 2.42. The van der Waals surface area contributed by atoms with E-state index in [0.717, 1.165) is 10.9 Å². The topological polar surface area (TPSA) is 63.8 Å². The molecule has 0 fully saturated rings. The molecule has 0 bridgehead atoms. The minimum atomic E-state index is -1.57. The third kappa shape index (κ3) is 1.89. The summed E-state index contributed by atoms with van der Waals surface area (Å²) in [4.78, 5) is 0. The van der Waals surface area contributed by atoms with Crippen LogP contribution in [0, 0.1) is 0 Å². The first-order valence-electron chi connectivity index (χ1n) is 4.81. The predicted molar refractivity (Wildman–Crippen MR) is 64.7 cm³/mol. The van der Waals surface area contributed by atoms with Crippen LogP contribution >= 0.6 is 11.6 Å². The zero-order chi connectivity index (χ0) is 11.8. The van der Waals surface area contributed by atoms with Crippen molar-refractivity contribution < 1.29 is 12.9 Å². The molecule has 5 nitrogen and oxygen atoms in total. The first-order chi connectivity index (χ1) is 8.24. The number of nitrogens with zero attached hydrogens (tertiary/aromatic N) is 1. The van der Waals surface area contributed by atoms with Crippen molar-refractivity contribution >= 4 is 39.7 Å². The van der Waals surface area contributed by atoms with Gasteiger partial charge in [0.2, 0.25) is 0 Å². The number of nitrogens with one attached hydrogen (secondary N) is 1. The number of benzene rings is 1. The van der Waals surface area contributed by atoms with Crippen LogP contribution in [0.3, 0.4) is 0 Å². The highest BCUT2D eigenvalue weighted by atomic mass is 35.5. The van der Waals surface area contributed by atoms with Gasteiger partial charge in [0.05, 0.1) is 11.3 Å². The monoisotopic (exact) mass is 270 g/mol. The van der Waals surface area contributed by atoms with Crippen LogP contribution in [0.15, 0.2) is 34.0 Å². The number of hydrogen-bond acceptors (Lipinski definition) is 4. The fraction of sp³-hybridized carbons (Fsp3) is 0.100. The van der Waals surface area contributed by atoms with Crippen LogP contribution in [0.5, 0.6) is 0 Å². The van der Waals surface area contributed by atoms with Crippen molar-refractivity contribution in [2.24, 2.45) is 5.16 Å². The van der Waals surface area contributed by atoms with Crippen molar-refractivity contribution in [1.29, 1.82) is 0 Å². The Labute approximate surface area is 104 Å². The maximum Gasteiger partial charge on any atom is 0.338 e. The minimum absolute atomic E-state index is 0.451. The van der Waals surface area contributed by atoms with E-state index >= 15 is 0 Å². The highest BCUT2D eigenvalue weighted by molar-refractivity contribution is 7.79. The second-order valence-electron chi connectivity index (χ2n) is 3.50. The number of furan rings is 1. The van der Waals surface area contributed by atoms with Gasteiger partial charge in [0.15, 0.2) is 5.84 Å². The van der Waals surface area contributed by atoms with E-state index in [1.807, 2.05) is 6.07 Å². The summed E-state index contributed by atoms with van der Waals surface area (Å²) in [5.74, 6) is 0.503. The molecule has 0 saturated heterocycles. The average Bonchev–Trinajstić information content (AvgIpc) is 2.92. The molecular weight excluding hydrogens is 264 g/mol. The highest BCUT2D eigenvalue weighted by Crippen LogP contribution is 2.28. The second-order valence-corrected chi connectivity index (χ2v) is 4.73. The van der Waals surface area contributed by atoms with Crippen LogP contribution in [0.2, 0.25) is 5.02 Å². The summed E-state index contributed by atoms with van der Waals surface area (Å²) in [6.45, 7) is 0. The molecule has 1 aliphatic rings. The Morgan fingerprint density at radius 1 is 1.41 bits per heavy atom. The molecular formula is C10H7ClN2O3S. The van der Waals surface area contributed by atoms with Crippen LogP contribution in [-0.4, -0.2) is 10.0 Å². The molecule has 2 heterocycles. The van der Waals surface area contributed by atoms with Crippen LogP contribution in [-0.2, 0) is 22.0 Å². The maximum atomic E-state index is 10.9. The fourth-order valence-corrected chi connectivity index (χ4v) is 2.39. The molecule has 0 aliphatic carbocycles. The molecule has 0 radical (unpaired) electrons. The average molecular weight is 271 g/mol. The molecule has 3 rings (SSSR count). The Balaban J connectivity index is 1.98. The lowest BCUT2D eigenvalue weighted by molar-refractivity contribution is 0.384. The molecule has 1 unspecified atom stereocenters. The zero-order valence-electron chi connectivity index (χ0n) is 8.47. The highest BCUT2D eigenvalue weighted by Gasteiger charge is 2.17. The van der Waals surface area contributed by atoms with Crippen molar-refractivity contribution in [3.8, 4) is 0 Å². The van der Waals surface area contributed by atoms with E-state index in [1.54, 1.807) is 18.4 Å². The molecule has 1 aromatic carbocycles. The molecule has 0 saturated carbocycles. The van der Waals surface area contributed by atoms with E-state index in [4.69, 9.17) is 16.0 Å². The van der Waals surface area contributed by atoms with Gasteiger partial charge < -0.3 is 4.42 Å². The molecule has 7 heteroatoms. The molecule has 1 aromatic heterocycles. The number of rotatable bonds is 2. The minimum Gasteiger partial charge on any atom is -0.464 e. The second kappa shape index (κ2) is 4.05. The molecule has 88 valence electrons. The molecule has 0 spiro atoms. The Hall–Kier alpha value is -1.53. The van der Waals surface area contributed by atoms with E-state index < -0.39 is 11.3 Å². The molecule has 2 aromatic rings. The summed E-state index contributed by atoms with van der Waals surface area (Å²) in [6.07, 6.45) is 2.03. The lowest BCUT2D eigenvalue weighted by atomic mass is 10.1. The van der Waals surface area contributed by atoms with Gasteiger partial charge in [-0.25, -0.2) is 0 Å². The molecule has 1 atom stereocenters. The number of fused-ring (bicyclic) bond motifs is 1. The van der Waals surface area contributed by atoms with Crippen molar-refractivity contribution in [3.05, 3.63) is 35.0 Å². The zero-order valence-corrected chi connectivity index (χ0v) is 10.0. The molecule has 1 aliphatic heterocycles. The molecule has 0 amide bonds. The SMILES string of the molecule is O=S1NC(Cc2ccc(Cl)c3ccoc23)=NO1. The normalized spacial score (nSPS) is 18.9. The van der Waals surface area contributed by atoms with Crippen LogP contribution in [0.1, 0.15) is 5.56 Å². The first-order valence-corrected chi connectivity index (χ1v) is 6.27. The lowest BCUT2D eigenvalue weighted by Gasteiger charge is -2.02. The first kappa shape index (κ1) is 10.6. The van der Waals surface area contributed by atoms with Gasteiger partial charge in [-0.3, -0.25) is 9.01 Å². The van der Waals surface area contributed by atoms with E-state index in [1.165, 1.54) is 0 Å². The Kier molecular flexibility index (Phi) is 2.53. The number of halogens is 1. The van der Waals surface area contributed by atoms with Crippen LogP contribution < -0.4 is 4.72 Å². The van der Waals surface area contributed by atoms with Crippen molar-refractivity contribution in [2.75, 3.05) is 0 Å². The van der Waals surface area contributed by atoms with E-state index in [-0.39, 0.29) is 0 Å². The summed E-state index contributed by atoms with van der Waals surface area (Å²) in [5.41, 5.74) is 1.61. The summed E-state index contributed by atoms with van der Waals surface area (Å²) in [7, 11) is 0. The maximum absolute atomic E-state index is 10.9. The van der Waals surface area contributed by atoms with Gasteiger partial charge in [-0.05, 0) is 12.1 Å². The fourth-order valence-electron chi connectivity index (χ4n) is 1.69. The summed E-state index contributed by atoms with van der Waals surface area (Å²) in [5, 5.41) is 5.15. The van der Waals surface area contributed by atoms with Crippen LogP contribution in [0.4, 0.5) is 0 Å². The van der Waals surface area contributed by atoms with E-state index in [0.29, 0.717) is 22.9 Å². The van der Waals surface area contributed by atoms with Gasteiger partial charge in [0, 0.05) is 17.4 Å². The Morgan fingerprint density at radius 3 is 3.06 bits per heavy atom. The molecule has 17 heavy (non-hydrogen) atoms. The van der Waals surface area contributed by atoms with Gasteiger partial charge >= 0.3 is 11.3 Å². The van der Waals surface area contributed by atoms with Gasteiger partial charge in [-0.1, -0.05) is 22.8 Å². The summed E-state index contributed by atoms with van der Waals surface area (Å²) >= 11 is 4.47. The Morgan fingerprint density at radius 2 is 2.29 bits per heavy atom. The van der Waals surface area contributed by atoms with Crippen molar-refractivity contribution in [2.45, 2.75) is 6.42 Å². The van der Waals surface area contributed by atoms with E-state index in [9.17, 15) is 4.21 Å². The quantitative estimate of drug-likeness (QED) is 0.909. The summed E-state index contributed by atoms with van der Waals surface area (Å²) in [6, 6.07) is 5.45. The van der Waals surface area contributed by atoms with Crippen molar-refractivity contribution in [1.82, 2.24) is 4.72 Å². The van der Waals surface area contributed by atoms with Gasteiger partial charge in [-0.15, -0.1) is 0 Å². The van der Waals surface area contributed by atoms with Crippen LogP contribution in [0.25, 0.3) is 11.0 Å². The number of amidine groups is 1. The van der Waals surface area contributed by atoms with Gasteiger partial charge in [0.1, 0.15) is 5.58 Å². The van der Waals surface area contributed by atoms with Gasteiger partial charge in [-0.2, -0.15) is 4.21 Å². The van der Waals surface area contributed by atoms with Crippen molar-refractivity contribution in [3.63, 3.8) is 0 Å². The molecule has 1 N–H and O–H groups in total. The Bertz CT molecular complexity index is 638. The predicted octanol–water partition coefficient (Wildman–Crippen LogP) is 2.14. The number of hydrogen-bond donors (Lipinski definition) is 1. The third-order valence-corrected chi connectivity index (χ3v) is 3.36. The largest absolute Gasteiger partial charge is 0.464 e. The smallest absolute Gasteiger partial charge is 0.338 e. The lowest BCUT2D eigenvalue weighted by Crippen LogP contribution is -2.21. The standard InChI is InChI=1S/C10H7ClN2O3S/c11-8-2-1-6(10-7(8)3-4-15-10)5-9-12-16-17(14)13-9/h1-4H,5H2,(H,12,13). The number of oxime groups is 1. The van der Waals surface area contributed by atoms with E-state index in [2.05, 4.69) is 14.2 Å².